The minimum Gasteiger partial charge on any atom is -0.368 e. The lowest BCUT2D eigenvalue weighted by molar-refractivity contribution is -0.120. The first-order valence-corrected chi connectivity index (χ1v) is 2.70. The summed E-state index contributed by atoms with van der Waals surface area (Å²) in [7, 11) is 1.76. The Bertz CT molecular complexity index is 118. The molecule has 3 heteroatoms. The highest BCUT2D eigenvalue weighted by Gasteiger charge is 2.46. The second kappa shape index (κ2) is 1.45. The predicted molar refractivity (Wildman–Crippen MR) is 30.2 cm³/mol. The van der Waals surface area contributed by atoms with Gasteiger partial charge in [0.1, 0.15) is 0 Å². The summed E-state index contributed by atoms with van der Waals surface area (Å²) < 4.78 is 0. The molecule has 1 aliphatic rings. The zero-order valence-corrected chi connectivity index (χ0v) is 4.90. The van der Waals surface area contributed by atoms with Crippen LogP contribution < -0.4 is 11.1 Å². The highest BCUT2D eigenvalue weighted by Crippen LogP contribution is 2.33. The highest BCUT2D eigenvalue weighted by atomic mass is 16.1. The molecule has 3 N–H and O–H groups in total. The van der Waals surface area contributed by atoms with Crippen molar-refractivity contribution in [3.63, 3.8) is 0 Å². The predicted octanol–water partition coefficient (Wildman–Crippen LogP) is -0.776. The summed E-state index contributed by atoms with van der Waals surface area (Å²) in [5.74, 6) is -0.222. The van der Waals surface area contributed by atoms with E-state index in [1.807, 2.05) is 0 Å². The lowest BCUT2D eigenvalue weighted by Crippen LogP contribution is -2.41. The fraction of sp³-hybridized carbons (Fsp3) is 0.800. The Morgan fingerprint density at radius 2 is 2.25 bits per heavy atom. The van der Waals surface area contributed by atoms with Crippen LogP contribution in [0, 0.1) is 0 Å². The molecule has 0 heterocycles. The number of carbonyl (C=O) groups excluding carboxylic acids is 1. The van der Waals surface area contributed by atoms with Gasteiger partial charge in [-0.1, -0.05) is 0 Å². The number of hydrogen-bond donors (Lipinski definition) is 2. The Balaban J connectivity index is 2.53. The summed E-state index contributed by atoms with van der Waals surface area (Å²) in [5.41, 5.74) is 4.72. The van der Waals surface area contributed by atoms with Gasteiger partial charge in [0, 0.05) is 0 Å². The molecule has 0 bridgehead atoms. The Morgan fingerprint density at radius 1 is 1.75 bits per heavy atom. The summed E-state index contributed by atoms with van der Waals surface area (Å²) in [4.78, 5) is 10.5. The molecular weight excluding hydrogens is 104 g/mol. The third kappa shape index (κ3) is 0.591. The second-order valence-electron chi connectivity index (χ2n) is 2.20. The van der Waals surface area contributed by atoms with Crippen molar-refractivity contribution in [3.05, 3.63) is 0 Å². The van der Waals surface area contributed by atoms with Gasteiger partial charge in [0.15, 0.2) is 0 Å². The molecule has 0 aromatic heterocycles. The molecule has 1 rings (SSSR count). The lowest BCUT2D eigenvalue weighted by atomic mass is 10.3. The first-order valence-electron chi connectivity index (χ1n) is 2.70. The van der Waals surface area contributed by atoms with Crippen LogP contribution in [0.5, 0.6) is 0 Å². The van der Waals surface area contributed by atoms with Crippen LogP contribution in [0.15, 0.2) is 0 Å². The molecular formula is C5H10N2O. The Hall–Kier alpha value is -0.570. The van der Waals surface area contributed by atoms with Crippen molar-refractivity contribution < 1.29 is 4.79 Å². The molecule has 1 saturated carbocycles. The normalized spacial score (nSPS) is 22.6. The van der Waals surface area contributed by atoms with Crippen molar-refractivity contribution in [3.8, 4) is 0 Å². The largest absolute Gasteiger partial charge is 0.368 e. The van der Waals surface area contributed by atoms with E-state index in [1.165, 1.54) is 0 Å². The molecule has 0 aliphatic heterocycles. The Morgan fingerprint density at radius 3 is 2.25 bits per heavy atom. The number of nitrogens with two attached hydrogens (primary N) is 1. The molecule has 46 valence electrons. The van der Waals surface area contributed by atoms with Crippen molar-refractivity contribution in [2.45, 2.75) is 18.4 Å². The SMILES string of the molecule is CNC1(C(N)=O)CC1. The maximum absolute atomic E-state index is 10.5. The first kappa shape index (κ1) is 5.56. The molecule has 0 aromatic rings. The number of primary amides is 1. The molecule has 0 saturated heterocycles. The number of likely N-dealkylation sites (N-methyl/N-ethyl adjacent to an activating group) is 1. The van der Waals surface area contributed by atoms with Gasteiger partial charge in [0.25, 0.3) is 0 Å². The topological polar surface area (TPSA) is 55.1 Å². The standard InChI is InChI=1S/C5H10N2O/c1-7-5(2-3-5)4(6)8/h7H,2-3H2,1H3,(H2,6,8). The second-order valence-corrected chi connectivity index (χ2v) is 2.20. The molecule has 0 unspecified atom stereocenters. The van der Waals surface area contributed by atoms with E-state index in [-0.39, 0.29) is 11.4 Å². The summed E-state index contributed by atoms with van der Waals surface area (Å²) in [5, 5.41) is 2.88. The zero-order valence-electron chi connectivity index (χ0n) is 4.90. The van der Waals surface area contributed by atoms with E-state index in [0.717, 1.165) is 12.8 Å². The van der Waals surface area contributed by atoms with Gasteiger partial charge in [-0.2, -0.15) is 0 Å². The van der Waals surface area contributed by atoms with Gasteiger partial charge in [-0.3, -0.25) is 4.79 Å². The van der Waals surface area contributed by atoms with Gasteiger partial charge in [0.2, 0.25) is 5.91 Å². The number of amides is 1. The Kier molecular flexibility index (Phi) is 1.01. The zero-order chi connectivity index (χ0) is 6.20. The highest BCUT2D eigenvalue weighted by molar-refractivity contribution is 5.87. The summed E-state index contributed by atoms with van der Waals surface area (Å²) in [6, 6.07) is 0. The molecule has 8 heavy (non-hydrogen) atoms. The number of nitrogens with one attached hydrogen (secondary N) is 1. The minimum atomic E-state index is -0.319. The molecule has 1 amide bonds. The minimum absolute atomic E-state index is 0.222. The molecule has 0 atom stereocenters. The van der Waals surface area contributed by atoms with Crippen molar-refractivity contribution in [1.29, 1.82) is 0 Å². The van der Waals surface area contributed by atoms with Crippen molar-refractivity contribution >= 4 is 5.91 Å². The van der Waals surface area contributed by atoms with E-state index >= 15 is 0 Å². The van der Waals surface area contributed by atoms with Crippen molar-refractivity contribution in [2.75, 3.05) is 7.05 Å². The van der Waals surface area contributed by atoms with E-state index in [9.17, 15) is 4.79 Å². The lowest BCUT2D eigenvalue weighted by Gasteiger charge is -2.06. The first-order chi connectivity index (χ1) is 3.71. The van der Waals surface area contributed by atoms with E-state index in [0.29, 0.717) is 0 Å². The smallest absolute Gasteiger partial charge is 0.237 e. The fourth-order valence-electron chi connectivity index (χ4n) is 0.745. The average Bonchev–Trinajstić information content (AvgIpc) is 2.44. The van der Waals surface area contributed by atoms with Gasteiger partial charge in [-0.05, 0) is 19.9 Å². The third-order valence-corrected chi connectivity index (χ3v) is 1.70. The van der Waals surface area contributed by atoms with Crippen LogP contribution in [-0.2, 0) is 4.79 Å². The van der Waals surface area contributed by atoms with Crippen LogP contribution in [0.3, 0.4) is 0 Å². The molecule has 1 aliphatic carbocycles. The van der Waals surface area contributed by atoms with E-state index in [1.54, 1.807) is 7.05 Å². The van der Waals surface area contributed by atoms with Crippen LogP contribution in [0.2, 0.25) is 0 Å². The third-order valence-electron chi connectivity index (χ3n) is 1.70. The molecule has 0 aromatic carbocycles. The molecule has 3 nitrogen and oxygen atoms in total. The van der Waals surface area contributed by atoms with Crippen LogP contribution >= 0.6 is 0 Å². The Labute approximate surface area is 48.2 Å². The van der Waals surface area contributed by atoms with Crippen LogP contribution in [0.4, 0.5) is 0 Å². The molecule has 0 radical (unpaired) electrons. The maximum atomic E-state index is 10.5. The van der Waals surface area contributed by atoms with Gasteiger partial charge in [-0.25, -0.2) is 0 Å². The van der Waals surface area contributed by atoms with Crippen molar-refractivity contribution in [1.82, 2.24) is 5.32 Å². The number of carbonyl (C=O) groups is 1. The summed E-state index contributed by atoms with van der Waals surface area (Å²) in [6.07, 6.45) is 1.80. The van der Waals surface area contributed by atoms with Gasteiger partial charge < -0.3 is 11.1 Å². The van der Waals surface area contributed by atoms with Gasteiger partial charge in [-0.15, -0.1) is 0 Å². The molecule has 1 fully saturated rings. The summed E-state index contributed by atoms with van der Waals surface area (Å²) in [6.45, 7) is 0. The van der Waals surface area contributed by atoms with Crippen LogP contribution in [0.25, 0.3) is 0 Å². The number of hydrogen-bond acceptors (Lipinski definition) is 2. The summed E-state index contributed by atoms with van der Waals surface area (Å²) >= 11 is 0. The van der Waals surface area contributed by atoms with Crippen LogP contribution in [-0.4, -0.2) is 18.5 Å². The van der Waals surface area contributed by atoms with Gasteiger partial charge in [0.05, 0.1) is 5.54 Å². The monoisotopic (exact) mass is 114 g/mol. The average molecular weight is 114 g/mol. The van der Waals surface area contributed by atoms with E-state index < -0.39 is 0 Å². The molecule has 0 spiro atoms. The van der Waals surface area contributed by atoms with E-state index in [4.69, 9.17) is 5.73 Å². The number of rotatable bonds is 2. The quantitative estimate of drug-likeness (QED) is 0.495. The van der Waals surface area contributed by atoms with E-state index in [2.05, 4.69) is 5.32 Å². The van der Waals surface area contributed by atoms with Crippen LogP contribution in [0.1, 0.15) is 12.8 Å². The fourth-order valence-corrected chi connectivity index (χ4v) is 0.745. The van der Waals surface area contributed by atoms with Gasteiger partial charge >= 0.3 is 0 Å². The maximum Gasteiger partial charge on any atom is 0.237 e. The van der Waals surface area contributed by atoms with Crippen molar-refractivity contribution in [2.24, 2.45) is 5.73 Å².